The number of carbonyl (C=O) groups is 1. The fourth-order valence-electron chi connectivity index (χ4n) is 6.37. The minimum atomic E-state index is -0.611. The maximum Gasteiger partial charge on any atom is 0.410 e. The van der Waals surface area contributed by atoms with E-state index in [9.17, 15) is 9.90 Å². The number of amides is 1. The summed E-state index contributed by atoms with van der Waals surface area (Å²) >= 11 is 0. The predicted octanol–water partition coefficient (Wildman–Crippen LogP) is 6.26. The normalized spacial score (nSPS) is 26.1. The van der Waals surface area contributed by atoms with E-state index in [1.165, 1.54) is 41.5 Å². The van der Waals surface area contributed by atoms with Crippen LogP contribution in [0.3, 0.4) is 0 Å². The standard InChI is InChI=1S/C28H35NO3/c1-2-3-4-9-16-28(31)17-20-14-15-21(18-28)29(20)27(30)32-19-26-24-12-7-5-10-22(24)23-11-6-8-13-25(23)26/h5-8,10-13,20-21,26,31H,2-4,9,14-19H2,1H3. The molecule has 1 aliphatic carbocycles. The number of hydrogen-bond donors (Lipinski definition) is 1. The van der Waals surface area contributed by atoms with Crippen molar-refractivity contribution in [1.82, 2.24) is 4.90 Å². The molecule has 0 radical (unpaired) electrons. The summed E-state index contributed by atoms with van der Waals surface area (Å²) in [5.74, 6) is 0.0873. The number of rotatable bonds is 7. The van der Waals surface area contributed by atoms with Gasteiger partial charge in [-0.25, -0.2) is 4.79 Å². The molecule has 0 saturated carbocycles. The van der Waals surface area contributed by atoms with E-state index < -0.39 is 5.60 Å². The van der Waals surface area contributed by atoms with Gasteiger partial charge >= 0.3 is 6.09 Å². The van der Waals surface area contributed by atoms with Crippen molar-refractivity contribution in [3.8, 4) is 11.1 Å². The number of nitrogens with zero attached hydrogens (tertiary/aromatic N) is 1. The summed E-state index contributed by atoms with van der Waals surface area (Å²) < 4.78 is 5.95. The Hall–Kier alpha value is -2.33. The molecule has 1 N–H and O–H groups in total. The van der Waals surface area contributed by atoms with Crippen LogP contribution in [-0.2, 0) is 4.74 Å². The van der Waals surface area contributed by atoms with Gasteiger partial charge in [-0.2, -0.15) is 0 Å². The van der Waals surface area contributed by atoms with Crippen molar-refractivity contribution < 1.29 is 14.6 Å². The molecule has 2 unspecified atom stereocenters. The van der Waals surface area contributed by atoms with Gasteiger partial charge in [0.1, 0.15) is 6.61 Å². The molecular formula is C28H35NO3. The van der Waals surface area contributed by atoms with Gasteiger partial charge < -0.3 is 14.7 Å². The molecule has 1 amide bonds. The number of aliphatic hydroxyl groups is 1. The topological polar surface area (TPSA) is 49.8 Å². The van der Waals surface area contributed by atoms with Gasteiger partial charge in [0.2, 0.25) is 0 Å². The largest absolute Gasteiger partial charge is 0.448 e. The predicted molar refractivity (Wildman–Crippen MR) is 127 cm³/mol. The van der Waals surface area contributed by atoms with Gasteiger partial charge in [-0.05, 0) is 54.4 Å². The number of ether oxygens (including phenoxy) is 1. The maximum atomic E-state index is 13.2. The van der Waals surface area contributed by atoms with E-state index >= 15 is 0 Å². The van der Waals surface area contributed by atoms with Crippen LogP contribution in [0.25, 0.3) is 11.1 Å². The van der Waals surface area contributed by atoms with Crippen molar-refractivity contribution in [2.24, 2.45) is 0 Å². The molecule has 0 spiro atoms. The Morgan fingerprint density at radius 1 is 0.969 bits per heavy atom. The van der Waals surface area contributed by atoms with E-state index in [4.69, 9.17) is 4.74 Å². The van der Waals surface area contributed by atoms with Crippen molar-refractivity contribution in [3.63, 3.8) is 0 Å². The first kappa shape index (κ1) is 21.5. The first-order chi connectivity index (χ1) is 15.6. The minimum Gasteiger partial charge on any atom is -0.448 e. The third-order valence-electron chi connectivity index (χ3n) is 7.89. The second-order valence-corrected chi connectivity index (χ2v) is 10.0. The van der Waals surface area contributed by atoms with Crippen LogP contribution in [0.4, 0.5) is 4.79 Å². The van der Waals surface area contributed by atoms with Gasteiger partial charge in [0, 0.05) is 18.0 Å². The fourth-order valence-corrected chi connectivity index (χ4v) is 6.37. The summed E-state index contributed by atoms with van der Waals surface area (Å²) in [7, 11) is 0. The zero-order chi connectivity index (χ0) is 22.1. The molecule has 4 heteroatoms. The summed E-state index contributed by atoms with van der Waals surface area (Å²) in [5, 5.41) is 11.2. The van der Waals surface area contributed by atoms with Crippen LogP contribution in [0.2, 0.25) is 0 Å². The summed E-state index contributed by atoms with van der Waals surface area (Å²) in [5.41, 5.74) is 4.36. The van der Waals surface area contributed by atoms with Crippen LogP contribution in [0.15, 0.2) is 48.5 Å². The molecule has 2 aromatic carbocycles. The highest BCUT2D eigenvalue weighted by Gasteiger charge is 2.49. The first-order valence-electron chi connectivity index (χ1n) is 12.5. The summed E-state index contributed by atoms with van der Waals surface area (Å²) in [4.78, 5) is 15.1. The van der Waals surface area contributed by atoms with E-state index in [0.29, 0.717) is 19.4 Å². The lowest BCUT2D eigenvalue weighted by atomic mass is 9.82. The Morgan fingerprint density at radius 3 is 2.16 bits per heavy atom. The van der Waals surface area contributed by atoms with Gasteiger partial charge in [0.15, 0.2) is 0 Å². The lowest BCUT2D eigenvalue weighted by molar-refractivity contribution is -0.0548. The van der Waals surface area contributed by atoms with Crippen molar-refractivity contribution in [3.05, 3.63) is 59.7 Å². The van der Waals surface area contributed by atoms with E-state index in [2.05, 4.69) is 55.5 Å². The molecule has 2 heterocycles. The molecule has 2 bridgehead atoms. The van der Waals surface area contributed by atoms with Crippen molar-refractivity contribution in [1.29, 1.82) is 0 Å². The van der Waals surface area contributed by atoms with Crippen molar-refractivity contribution in [2.75, 3.05) is 6.61 Å². The zero-order valence-electron chi connectivity index (χ0n) is 19.1. The maximum absolute atomic E-state index is 13.2. The number of hydrogen-bond acceptors (Lipinski definition) is 3. The van der Waals surface area contributed by atoms with Gasteiger partial charge in [-0.1, -0.05) is 81.1 Å². The van der Waals surface area contributed by atoms with Gasteiger partial charge in [0.05, 0.1) is 5.60 Å². The zero-order valence-corrected chi connectivity index (χ0v) is 19.1. The number of fused-ring (bicyclic) bond motifs is 5. The third kappa shape index (κ3) is 3.94. The number of unbranched alkanes of at least 4 members (excludes halogenated alkanes) is 3. The average Bonchev–Trinajstić information content (AvgIpc) is 3.28. The first-order valence-corrected chi connectivity index (χ1v) is 12.5. The van der Waals surface area contributed by atoms with Crippen molar-refractivity contribution >= 4 is 6.09 Å². The quantitative estimate of drug-likeness (QED) is 0.524. The molecule has 5 rings (SSSR count). The van der Waals surface area contributed by atoms with Gasteiger partial charge in [-0.3, -0.25) is 0 Å². The van der Waals surface area contributed by atoms with Crippen LogP contribution in [0.5, 0.6) is 0 Å². The van der Waals surface area contributed by atoms with Gasteiger partial charge in [-0.15, -0.1) is 0 Å². The number of piperidine rings is 1. The Balaban J connectivity index is 1.23. The fraction of sp³-hybridized carbons (Fsp3) is 0.536. The Bertz CT molecular complexity index is 911. The van der Waals surface area contributed by atoms with E-state index in [-0.39, 0.29) is 24.1 Å². The monoisotopic (exact) mass is 433 g/mol. The van der Waals surface area contributed by atoms with Crippen LogP contribution < -0.4 is 0 Å². The molecule has 2 aliphatic heterocycles. The van der Waals surface area contributed by atoms with Gasteiger partial charge in [0.25, 0.3) is 0 Å². The Labute approximate surface area is 191 Å². The summed E-state index contributed by atoms with van der Waals surface area (Å²) in [6, 6.07) is 17.1. The van der Waals surface area contributed by atoms with E-state index in [1.807, 2.05) is 4.90 Å². The minimum absolute atomic E-state index is 0.0873. The van der Waals surface area contributed by atoms with E-state index in [0.717, 1.165) is 25.7 Å². The molecule has 32 heavy (non-hydrogen) atoms. The Morgan fingerprint density at radius 2 is 1.56 bits per heavy atom. The van der Waals surface area contributed by atoms with Crippen LogP contribution >= 0.6 is 0 Å². The molecule has 170 valence electrons. The molecule has 2 atom stereocenters. The highest BCUT2D eigenvalue weighted by Crippen LogP contribution is 2.46. The number of benzene rings is 2. The summed E-state index contributed by atoms with van der Waals surface area (Å²) in [6.45, 7) is 2.58. The molecule has 2 fully saturated rings. The number of carbonyl (C=O) groups excluding carboxylic acids is 1. The van der Waals surface area contributed by atoms with E-state index in [1.54, 1.807) is 0 Å². The van der Waals surface area contributed by atoms with Crippen LogP contribution in [-0.4, -0.2) is 40.4 Å². The third-order valence-corrected chi connectivity index (χ3v) is 7.89. The van der Waals surface area contributed by atoms with Crippen LogP contribution in [0.1, 0.15) is 81.8 Å². The Kier molecular flexibility index (Phi) is 5.98. The average molecular weight is 434 g/mol. The SMILES string of the molecule is CCCCCCC1(O)CC2CCC(C1)N2C(=O)OCC1c2ccccc2-c2ccccc21. The second-order valence-electron chi connectivity index (χ2n) is 10.0. The van der Waals surface area contributed by atoms with Crippen molar-refractivity contribution in [2.45, 2.75) is 88.3 Å². The highest BCUT2D eigenvalue weighted by atomic mass is 16.6. The lowest BCUT2D eigenvalue weighted by Gasteiger charge is -2.43. The lowest BCUT2D eigenvalue weighted by Crippen LogP contribution is -2.53. The molecular weight excluding hydrogens is 398 g/mol. The molecule has 3 aliphatic rings. The second kappa shape index (κ2) is 8.90. The van der Waals surface area contributed by atoms with Crippen LogP contribution in [0, 0.1) is 0 Å². The summed E-state index contributed by atoms with van der Waals surface area (Å²) in [6.07, 6.45) is 8.70. The molecule has 2 aromatic rings. The highest BCUT2D eigenvalue weighted by molar-refractivity contribution is 5.79. The molecule has 2 saturated heterocycles. The molecule has 4 nitrogen and oxygen atoms in total. The smallest absolute Gasteiger partial charge is 0.410 e. The molecule has 0 aromatic heterocycles.